The average Bonchev–Trinajstić information content (AvgIpc) is 3.42. The summed E-state index contributed by atoms with van der Waals surface area (Å²) >= 11 is 6.01. The first-order chi connectivity index (χ1) is 16.9. The summed E-state index contributed by atoms with van der Waals surface area (Å²) in [5, 5.41) is 8.56. The molecule has 2 heterocycles. The summed E-state index contributed by atoms with van der Waals surface area (Å²) in [6, 6.07) is 25.9. The Kier molecular flexibility index (Phi) is 5.58. The number of aromatic nitrogens is 2. The Hall–Kier alpha value is -4.43. The van der Waals surface area contributed by atoms with Crippen molar-refractivity contribution >= 4 is 29.4 Å². The quantitative estimate of drug-likeness (QED) is 0.412. The van der Waals surface area contributed by atoms with E-state index in [1.807, 2.05) is 24.3 Å². The topological polar surface area (TPSA) is 96.3 Å². The van der Waals surface area contributed by atoms with Crippen molar-refractivity contribution in [2.75, 3.05) is 0 Å². The third-order valence-electron chi connectivity index (χ3n) is 5.84. The van der Waals surface area contributed by atoms with Gasteiger partial charge in [0.15, 0.2) is 0 Å². The van der Waals surface area contributed by atoms with Crippen molar-refractivity contribution in [3.63, 3.8) is 0 Å². The zero-order chi connectivity index (χ0) is 24.6. The SMILES string of the molecule is CC1(c2ccccc2)NC(=O)N(NC(=O)c2cc(-c3ccc(Cl)cc3)nn2-c2ccccc2)C1=O. The van der Waals surface area contributed by atoms with Crippen molar-refractivity contribution < 1.29 is 14.4 Å². The monoisotopic (exact) mass is 485 g/mol. The smallest absolute Gasteiger partial charge is 0.318 e. The molecule has 8 nitrogen and oxygen atoms in total. The largest absolute Gasteiger partial charge is 0.344 e. The van der Waals surface area contributed by atoms with E-state index < -0.39 is 23.4 Å². The van der Waals surface area contributed by atoms with Gasteiger partial charge in [0.2, 0.25) is 0 Å². The molecule has 35 heavy (non-hydrogen) atoms. The number of hydrogen-bond acceptors (Lipinski definition) is 4. The molecule has 4 aromatic rings. The number of imide groups is 1. The predicted octanol–water partition coefficient (Wildman–Crippen LogP) is 4.30. The molecule has 0 aliphatic carbocycles. The normalized spacial score (nSPS) is 17.4. The van der Waals surface area contributed by atoms with E-state index >= 15 is 0 Å². The summed E-state index contributed by atoms with van der Waals surface area (Å²) in [6.07, 6.45) is 0. The van der Waals surface area contributed by atoms with E-state index in [-0.39, 0.29) is 5.69 Å². The van der Waals surface area contributed by atoms with E-state index in [2.05, 4.69) is 15.8 Å². The van der Waals surface area contributed by atoms with Crippen molar-refractivity contribution in [1.29, 1.82) is 0 Å². The highest BCUT2D eigenvalue weighted by molar-refractivity contribution is 6.30. The van der Waals surface area contributed by atoms with Gasteiger partial charge in [-0.15, -0.1) is 0 Å². The van der Waals surface area contributed by atoms with E-state index in [1.54, 1.807) is 73.7 Å². The summed E-state index contributed by atoms with van der Waals surface area (Å²) in [5.41, 5.74) is 3.83. The maximum atomic E-state index is 13.4. The molecular weight excluding hydrogens is 466 g/mol. The lowest BCUT2D eigenvalue weighted by molar-refractivity contribution is -0.132. The second kappa shape index (κ2) is 8.73. The van der Waals surface area contributed by atoms with Crippen LogP contribution in [0.2, 0.25) is 5.02 Å². The Morgan fingerprint density at radius 2 is 1.57 bits per heavy atom. The molecule has 4 amide bonds. The zero-order valence-corrected chi connectivity index (χ0v) is 19.4. The Morgan fingerprint density at radius 1 is 0.943 bits per heavy atom. The van der Waals surface area contributed by atoms with Crippen LogP contribution in [0.5, 0.6) is 0 Å². The number of carbonyl (C=O) groups excluding carboxylic acids is 3. The molecule has 1 aliphatic heterocycles. The van der Waals surface area contributed by atoms with Crippen molar-refractivity contribution in [3.05, 3.63) is 107 Å². The Balaban J connectivity index is 1.49. The number of halogens is 1. The van der Waals surface area contributed by atoms with Crippen LogP contribution in [0.3, 0.4) is 0 Å². The number of carbonyl (C=O) groups is 3. The fourth-order valence-electron chi connectivity index (χ4n) is 3.94. The van der Waals surface area contributed by atoms with Gasteiger partial charge in [-0.05, 0) is 42.8 Å². The summed E-state index contributed by atoms with van der Waals surface area (Å²) in [5.74, 6) is -1.26. The van der Waals surface area contributed by atoms with Crippen LogP contribution in [0.4, 0.5) is 4.79 Å². The highest BCUT2D eigenvalue weighted by Crippen LogP contribution is 2.28. The van der Waals surface area contributed by atoms with Gasteiger partial charge in [-0.1, -0.05) is 72.3 Å². The molecule has 0 spiro atoms. The highest BCUT2D eigenvalue weighted by atomic mass is 35.5. The number of benzene rings is 3. The molecule has 2 N–H and O–H groups in total. The number of nitrogens with zero attached hydrogens (tertiary/aromatic N) is 3. The third kappa shape index (κ3) is 4.04. The molecule has 1 fully saturated rings. The van der Waals surface area contributed by atoms with Gasteiger partial charge in [0, 0.05) is 10.6 Å². The van der Waals surface area contributed by atoms with Crippen LogP contribution < -0.4 is 10.7 Å². The standard InChI is InChI=1S/C26H20ClN5O3/c1-26(18-8-4-2-5-9-18)24(34)32(25(35)28-26)30-23(33)22-16-21(17-12-14-19(27)15-13-17)29-31(22)20-10-6-3-7-11-20/h2-16H,1H3,(H,28,35)(H,30,33). The van der Waals surface area contributed by atoms with Gasteiger partial charge in [-0.3, -0.25) is 15.0 Å². The highest BCUT2D eigenvalue weighted by Gasteiger charge is 2.50. The number of urea groups is 1. The van der Waals surface area contributed by atoms with Gasteiger partial charge in [0.1, 0.15) is 11.2 Å². The summed E-state index contributed by atoms with van der Waals surface area (Å²) in [4.78, 5) is 39.3. The van der Waals surface area contributed by atoms with Gasteiger partial charge in [0.05, 0.1) is 11.4 Å². The Bertz CT molecular complexity index is 1420. The summed E-state index contributed by atoms with van der Waals surface area (Å²) < 4.78 is 1.47. The third-order valence-corrected chi connectivity index (χ3v) is 6.09. The fourth-order valence-corrected chi connectivity index (χ4v) is 4.06. The lowest BCUT2D eigenvalue weighted by Gasteiger charge is -2.22. The van der Waals surface area contributed by atoms with Crippen molar-refractivity contribution in [2.45, 2.75) is 12.5 Å². The molecule has 1 unspecified atom stereocenters. The van der Waals surface area contributed by atoms with Crippen LogP contribution in [0.15, 0.2) is 91.0 Å². The van der Waals surface area contributed by atoms with E-state index in [9.17, 15) is 14.4 Å². The van der Waals surface area contributed by atoms with Gasteiger partial charge in [-0.25, -0.2) is 9.48 Å². The molecule has 9 heteroatoms. The molecule has 1 atom stereocenters. The molecule has 0 saturated carbocycles. The number of rotatable bonds is 5. The maximum absolute atomic E-state index is 13.4. The molecular formula is C26H20ClN5O3. The molecule has 0 radical (unpaired) electrons. The lowest BCUT2D eigenvalue weighted by Crippen LogP contribution is -2.48. The van der Waals surface area contributed by atoms with Gasteiger partial charge in [0.25, 0.3) is 11.8 Å². The minimum atomic E-state index is -1.31. The number of nitrogens with one attached hydrogen (secondary N) is 2. The van der Waals surface area contributed by atoms with Crippen LogP contribution in [0, 0.1) is 0 Å². The van der Waals surface area contributed by atoms with Gasteiger partial charge < -0.3 is 5.32 Å². The van der Waals surface area contributed by atoms with E-state index in [1.165, 1.54) is 4.68 Å². The van der Waals surface area contributed by atoms with Gasteiger partial charge in [-0.2, -0.15) is 10.1 Å². The van der Waals surface area contributed by atoms with Gasteiger partial charge >= 0.3 is 6.03 Å². The summed E-state index contributed by atoms with van der Waals surface area (Å²) in [7, 11) is 0. The lowest BCUT2D eigenvalue weighted by atomic mass is 9.92. The molecule has 3 aromatic carbocycles. The Labute approximate surface area is 206 Å². The number of amides is 4. The second-order valence-corrected chi connectivity index (χ2v) is 8.61. The number of hydrazine groups is 1. The fraction of sp³-hybridized carbons (Fsp3) is 0.0769. The maximum Gasteiger partial charge on any atom is 0.344 e. The van der Waals surface area contributed by atoms with Crippen LogP contribution in [0.1, 0.15) is 23.0 Å². The molecule has 1 saturated heterocycles. The second-order valence-electron chi connectivity index (χ2n) is 8.17. The van der Waals surface area contributed by atoms with Crippen molar-refractivity contribution in [3.8, 4) is 16.9 Å². The molecule has 1 aromatic heterocycles. The van der Waals surface area contributed by atoms with Crippen molar-refractivity contribution in [2.24, 2.45) is 0 Å². The average molecular weight is 486 g/mol. The first-order valence-corrected chi connectivity index (χ1v) is 11.2. The Morgan fingerprint density at radius 3 is 2.23 bits per heavy atom. The first-order valence-electron chi connectivity index (χ1n) is 10.8. The van der Waals surface area contributed by atoms with Crippen LogP contribution >= 0.6 is 11.6 Å². The minimum absolute atomic E-state index is 0.148. The molecule has 0 bridgehead atoms. The zero-order valence-electron chi connectivity index (χ0n) is 18.6. The minimum Gasteiger partial charge on any atom is -0.318 e. The van der Waals surface area contributed by atoms with E-state index in [4.69, 9.17) is 11.6 Å². The first kappa shape index (κ1) is 22.4. The van der Waals surface area contributed by atoms with Crippen LogP contribution in [-0.4, -0.2) is 32.6 Å². The predicted molar refractivity (Wildman–Crippen MR) is 131 cm³/mol. The molecule has 5 rings (SSSR count). The summed E-state index contributed by atoms with van der Waals surface area (Å²) in [6.45, 7) is 1.60. The van der Waals surface area contributed by atoms with E-state index in [0.29, 0.717) is 27.0 Å². The van der Waals surface area contributed by atoms with Crippen LogP contribution in [-0.2, 0) is 10.3 Å². The molecule has 1 aliphatic rings. The molecule has 174 valence electrons. The van der Waals surface area contributed by atoms with Crippen molar-refractivity contribution in [1.82, 2.24) is 25.5 Å². The van der Waals surface area contributed by atoms with E-state index in [0.717, 1.165) is 5.56 Å². The van der Waals surface area contributed by atoms with Crippen LogP contribution in [0.25, 0.3) is 16.9 Å². The number of hydrogen-bond donors (Lipinski definition) is 2. The number of para-hydroxylation sites is 1.